The van der Waals surface area contributed by atoms with Crippen LogP contribution in [0.5, 0.6) is 0 Å². The largest absolute Gasteiger partial charge is 0.361 e. The smallest absolute Gasteiger partial charge is 0.315 e. The first-order chi connectivity index (χ1) is 10.6. The zero-order chi connectivity index (χ0) is 15.9. The molecule has 5 nitrogen and oxygen atoms in total. The first kappa shape index (κ1) is 16.0. The quantitative estimate of drug-likeness (QED) is 0.806. The van der Waals surface area contributed by atoms with Crippen LogP contribution in [0.25, 0.3) is 0 Å². The molecule has 2 rings (SSSR count). The van der Waals surface area contributed by atoms with Crippen molar-refractivity contribution in [2.45, 2.75) is 33.2 Å². The Balaban J connectivity index is 1.66. The minimum atomic E-state index is -0.237. The van der Waals surface area contributed by atoms with Crippen LogP contribution in [0.2, 0.25) is 0 Å². The molecule has 0 saturated carbocycles. The predicted molar refractivity (Wildman–Crippen MR) is 80.9 cm³/mol. The van der Waals surface area contributed by atoms with Gasteiger partial charge in [0.25, 0.3) is 0 Å². The van der Waals surface area contributed by atoms with Crippen molar-refractivity contribution in [2.75, 3.05) is 6.54 Å². The maximum absolute atomic E-state index is 13.0. The number of benzene rings is 1. The van der Waals surface area contributed by atoms with Gasteiger partial charge in [-0.1, -0.05) is 17.3 Å². The molecule has 0 unspecified atom stereocenters. The fraction of sp³-hybridized carbons (Fsp3) is 0.375. The minimum Gasteiger partial charge on any atom is -0.361 e. The van der Waals surface area contributed by atoms with Crippen molar-refractivity contribution in [1.82, 2.24) is 15.8 Å². The topological polar surface area (TPSA) is 67.2 Å². The standard InChI is InChI=1S/C16H20FN3O2/c1-11-15(12(2)22-20-11)10-19-16(21)18-8-4-6-13-5-3-7-14(17)9-13/h3,5,7,9H,4,6,8,10H2,1-2H3,(H2,18,19,21). The number of aromatic nitrogens is 1. The van der Waals surface area contributed by atoms with Crippen molar-refractivity contribution in [2.24, 2.45) is 0 Å². The van der Waals surface area contributed by atoms with Gasteiger partial charge in [0, 0.05) is 18.7 Å². The van der Waals surface area contributed by atoms with Gasteiger partial charge in [0.2, 0.25) is 0 Å². The molecule has 2 aromatic rings. The van der Waals surface area contributed by atoms with Gasteiger partial charge in [0.05, 0.1) is 5.69 Å². The highest BCUT2D eigenvalue weighted by Crippen LogP contribution is 2.11. The molecule has 6 heteroatoms. The number of carbonyl (C=O) groups is 1. The Morgan fingerprint density at radius 2 is 2.14 bits per heavy atom. The molecule has 0 atom stereocenters. The average Bonchev–Trinajstić information content (AvgIpc) is 2.80. The highest BCUT2D eigenvalue weighted by Gasteiger charge is 2.09. The molecule has 0 fully saturated rings. The van der Waals surface area contributed by atoms with Crippen LogP contribution in [0.4, 0.5) is 9.18 Å². The number of halogens is 1. The van der Waals surface area contributed by atoms with Gasteiger partial charge in [-0.25, -0.2) is 9.18 Å². The Labute approximate surface area is 128 Å². The maximum atomic E-state index is 13.0. The Kier molecular flexibility index (Phi) is 5.52. The monoisotopic (exact) mass is 305 g/mol. The Hall–Kier alpha value is -2.37. The number of rotatable bonds is 6. The third-order valence-electron chi connectivity index (χ3n) is 3.42. The zero-order valence-corrected chi connectivity index (χ0v) is 12.8. The molecule has 22 heavy (non-hydrogen) atoms. The molecular weight excluding hydrogens is 285 g/mol. The SMILES string of the molecule is Cc1noc(C)c1CNC(=O)NCCCc1cccc(F)c1. The summed E-state index contributed by atoms with van der Waals surface area (Å²) >= 11 is 0. The fourth-order valence-electron chi connectivity index (χ4n) is 2.17. The molecule has 0 aliphatic rings. The summed E-state index contributed by atoms with van der Waals surface area (Å²) in [5.74, 6) is 0.478. The summed E-state index contributed by atoms with van der Waals surface area (Å²) in [7, 11) is 0. The highest BCUT2D eigenvalue weighted by molar-refractivity contribution is 5.73. The number of hydrogen-bond acceptors (Lipinski definition) is 3. The molecule has 2 N–H and O–H groups in total. The molecule has 0 aliphatic carbocycles. The lowest BCUT2D eigenvalue weighted by Gasteiger charge is -2.07. The zero-order valence-electron chi connectivity index (χ0n) is 12.8. The second-order valence-corrected chi connectivity index (χ2v) is 5.15. The van der Waals surface area contributed by atoms with Gasteiger partial charge in [-0.05, 0) is 44.4 Å². The molecule has 0 radical (unpaired) electrons. The number of urea groups is 1. The van der Waals surface area contributed by atoms with Crippen molar-refractivity contribution >= 4 is 6.03 Å². The summed E-state index contributed by atoms with van der Waals surface area (Å²) in [5.41, 5.74) is 2.61. The predicted octanol–water partition coefficient (Wildman–Crippen LogP) is 2.86. The van der Waals surface area contributed by atoms with Crippen LogP contribution in [-0.4, -0.2) is 17.7 Å². The van der Waals surface area contributed by atoms with E-state index in [2.05, 4.69) is 15.8 Å². The van der Waals surface area contributed by atoms with Crippen LogP contribution in [0.15, 0.2) is 28.8 Å². The van der Waals surface area contributed by atoms with Gasteiger partial charge >= 0.3 is 6.03 Å². The third kappa shape index (κ3) is 4.58. The second-order valence-electron chi connectivity index (χ2n) is 5.15. The van der Waals surface area contributed by atoms with Crippen LogP contribution in [-0.2, 0) is 13.0 Å². The molecule has 0 saturated heterocycles. The van der Waals surface area contributed by atoms with Gasteiger partial charge in [0.15, 0.2) is 0 Å². The summed E-state index contributed by atoms with van der Waals surface area (Å²) in [4.78, 5) is 11.7. The summed E-state index contributed by atoms with van der Waals surface area (Å²) in [6.45, 7) is 4.57. The van der Waals surface area contributed by atoms with Crippen molar-refractivity contribution in [3.05, 3.63) is 52.7 Å². The lowest BCUT2D eigenvalue weighted by Crippen LogP contribution is -2.35. The Morgan fingerprint density at radius 3 is 2.82 bits per heavy atom. The Morgan fingerprint density at radius 1 is 1.32 bits per heavy atom. The van der Waals surface area contributed by atoms with E-state index in [-0.39, 0.29) is 11.8 Å². The van der Waals surface area contributed by atoms with Crippen LogP contribution < -0.4 is 10.6 Å². The van der Waals surface area contributed by atoms with Gasteiger partial charge < -0.3 is 15.2 Å². The van der Waals surface area contributed by atoms with Crippen molar-refractivity contribution in [3.63, 3.8) is 0 Å². The fourth-order valence-corrected chi connectivity index (χ4v) is 2.17. The van der Waals surface area contributed by atoms with E-state index in [0.717, 1.165) is 29.7 Å². The normalized spacial score (nSPS) is 10.5. The molecule has 118 valence electrons. The first-order valence-corrected chi connectivity index (χ1v) is 7.24. The maximum Gasteiger partial charge on any atom is 0.315 e. The van der Waals surface area contributed by atoms with E-state index >= 15 is 0 Å². The van der Waals surface area contributed by atoms with E-state index in [1.54, 1.807) is 6.07 Å². The second kappa shape index (κ2) is 7.59. The van der Waals surface area contributed by atoms with Crippen molar-refractivity contribution in [3.8, 4) is 0 Å². The summed E-state index contributed by atoms with van der Waals surface area (Å²) in [6, 6.07) is 6.26. The highest BCUT2D eigenvalue weighted by atomic mass is 19.1. The lowest BCUT2D eigenvalue weighted by atomic mass is 10.1. The van der Waals surface area contributed by atoms with Crippen molar-refractivity contribution < 1.29 is 13.7 Å². The summed E-state index contributed by atoms with van der Waals surface area (Å²) in [6.07, 6.45) is 1.48. The van der Waals surface area contributed by atoms with Gasteiger partial charge in [-0.15, -0.1) is 0 Å². The molecule has 0 bridgehead atoms. The molecule has 1 aromatic carbocycles. The van der Waals surface area contributed by atoms with Crippen LogP contribution >= 0.6 is 0 Å². The molecule has 1 heterocycles. The first-order valence-electron chi connectivity index (χ1n) is 7.24. The van der Waals surface area contributed by atoms with Crippen LogP contribution in [0.3, 0.4) is 0 Å². The average molecular weight is 305 g/mol. The molecule has 1 aromatic heterocycles. The van der Waals surface area contributed by atoms with Crippen LogP contribution in [0.1, 0.15) is 29.0 Å². The number of nitrogens with zero attached hydrogens (tertiary/aromatic N) is 1. The van der Waals surface area contributed by atoms with E-state index in [1.807, 2.05) is 19.9 Å². The summed E-state index contributed by atoms with van der Waals surface area (Å²) in [5, 5.41) is 9.37. The lowest BCUT2D eigenvalue weighted by molar-refractivity contribution is 0.240. The van der Waals surface area contributed by atoms with E-state index < -0.39 is 0 Å². The number of carbonyl (C=O) groups excluding carboxylic acids is 1. The molecule has 2 amide bonds. The van der Waals surface area contributed by atoms with Gasteiger partial charge in [-0.2, -0.15) is 0 Å². The third-order valence-corrected chi connectivity index (χ3v) is 3.42. The van der Waals surface area contributed by atoms with E-state index in [4.69, 9.17) is 4.52 Å². The number of hydrogen-bond donors (Lipinski definition) is 2. The van der Waals surface area contributed by atoms with Crippen molar-refractivity contribution in [1.29, 1.82) is 0 Å². The number of aryl methyl sites for hydroxylation is 3. The minimum absolute atomic E-state index is 0.234. The van der Waals surface area contributed by atoms with Gasteiger partial charge in [0.1, 0.15) is 11.6 Å². The van der Waals surface area contributed by atoms with E-state index in [0.29, 0.717) is 18.8 Å². The van der Waals surface area contributed by atoms with E-state index in [1.165, 1.54) is 12.1 Å². The molecule has 0 aliphatic heterocycles. The van der Waals surface area contributed by atoms with Gasteiger partial charge in [-0.3, -0.25) is 0 Å². The number of nitrogens with one attached hydrogen (secondary N) is 2. The molecular formula is C16H20FN3O2. The Bertz CT molecular complexity index is 621. The van der Waals surface area contributed by atoms with E-state index in [9.17, 15) is 9.18 Å². The summed E-state index contributed by atoms with van der Waals surface area (Å²) < 4.78 is 18.0. The number of amides is 2. The molecule has 0 spiro atoms. The van der Waals surface area contributed by atoms with Crippen LogP contribution in [0, 0.1) is 19.7 Å².